The maximum absolute atomic E-state index is 5.81. The van der Waals surface area contributed by atoms with Gasteiger partial charge in [0.2, 0.25) is 0 Å². The molecule has 2 rings (SSSR count). The molecule has 1 aromatic carbocycles. The van der Waals surface area contributed by atoms with E-state index in [2.05, 4.69) is 36.5 Å². The molecule has 1 fully saturated rings. The first kappa shape index (κ1) is 13.3. The maximum Gasteiger partial charge on any atom is 0.119 e. The van der Waals surface area contributed by atoms with Crippen LogP contribution in [0, 0.1) is 5.92 Å². The molecule has 2 heteroatoms. The molecule has 0 aliphatic heterocycles. The summed E-state index contributed by atoms with van der Waals surface area (Å²) < 4.78 is 5.81. The van der Waals surface area contributed by atoms with E-state index in [1.54, 1.807) is 0 Å². The van der Waals surface area contributed by atoms with Crippen LogP contribution in [0.4, 0.5) is 5.69 Å². The van der Waals surface area contributed by atoms with E-state index in [9.17, 15) is 0 Å². The Balaban J connectivity index is 1.69. The lowest BCUT2D eigenvalue weighted by Gasteiger charge is -2.21. The maximum atomic E-state index is 5.81. The average molecular weight is 247 g/mol. The Morgan fingerprint density at radius 1 is 1.11 bits per heavy atom. The quantitative estimate of drug-likeness (QED) is 0.801. The number of hydrogen-bond acceptors (Lipinski definition) is 2. The van der Waals surface area contributed by atoms with Crippen LogP contribution in [-0.4, -0.2) is 13.2 Å². The van der Waals surface area contributed by atoms with Crippen LogP contribution < -0.4 is 10.1 Å². The molecule has 0 saturated heterocycles. The van der Waals surface area contributed by atoms with Gasteiger partial charge in [0.15, 0.2) is 0 Å². The van der Waals surface area contributed by atoms with Gasteiger partial charge in [0, 0.05) is 12.2 Å². The molecule has 0 radical (unpaired) electrons. The Kier molecular flexibility index (Phi) is 5.37. The summed E-state index contributed by atoms with van der Waals surface area (Å²) >= 11 is 0. The molecule has 0 heterocycles. The largest absolute Gasteiger partial charge is 0.494 e. The lowest BCUT2D eigenvalue weighted by molar-refractivity contribution is 0.246. The van der Waals surface area contributed by atoms with Crippen molar-refractivity contribution < 1.29 is 4.74 Å². The molecule has 0 unspecified atom stereocenters. The molecule has 0 aromatic heterocycles. The van der Waals surface area contributed by atoms with Crippen LogP contribution in [0.1, 0.15) is 45.4 Å². The van der Waals surface area contributed by atoms with Crippen LogP contribution >= 0.6 is 0 Å². The summed E-state index contributed by atoms with van der Waals surface area (Å²) in [7, 11) is 0. The summed E-state index contributed by atoms with van der Waals surface area (Å²) in [4.78, 5) is 0. The van der Waals surface area contributed by atoms with E-state index in [1.165, 1.54) is 38.5 Å². The van der Waals surface area contributed by atoms with Crippen molar-refractivity contribution >= 4 is 5.69 Å². The second-order valence-electron chi connectivity index (χ2n) is 5.20. The number of nitrogens with one attached hydrogen (secondary N) is 1. The van der Waals surface area contributed by atoms with Gasteiger partial charge in [-0.05, 0) is 43.5 Å². The third-order valence-electron chi connectivity index (χ3n) is 3.75. The topological polar surface area (TPSA) is 21.3 Å². The summed E-state index contributed by atoms with van der Waals surface area (Å²) in [6.07, 6.45) is 8.30. The molecule has 1 N–H and O–H groups in total. The van der Waals surface area contributed by atoms with Gasteiger partial charge < -0.3 is 10.1 Å². The predicted octanol–water partition coefficient (Wildman–Crippen LogP) is 4.47. The highest BCUT2D eigenvalue weighted by molar-refractivity contribution is 5.46. The zero-order chi connectivity index (χ0) is 12.6. The number of benzene rings is 1. The number of anilines is 1. The molecule has 2 nitrogen and oxygen atoms in total. The van der Waals surface area contributed by atoms with E-state index in [-0.39, 0.29) is 0 Å². The predicted molar refractivity (Wildman–Crippen MR) is 77.3 cm³/mol. The van der Waals surface area contributed by atoms with Crippen LogP contribution in [0.2, 0.25) is 0 Å². The van der Waals surface area contributed by atoms with Crippen LogP contribution in [0.25, 0.3) is 0 Å². The van der Waals surface area contributed by atoms with Gasteiger partial charge in [0.05, 0.1) is 6.61 Å². The standard InChI is InChI=1S/C16H25NO/c1-2-17-15-8-10-16(11-9-15)18-13-12-14-6-4-3-5-7-14/h8-11,14,17H,2-7,12-13H2,1H3. The zero-order valence-corrected chi connectivity index (χ0v) is 11.5. The van der Waals surface area contributed by atoms with Gasteiger partial charge in [-0.25, -0.2) is 0 Å². The zero-order valence-electron chi connectivity index (χ0n) is 11.5. The highest BCUT2D eigenvalue weighted by atomic mass is 16.5. The SMILES string of the molecule is CCNc1ccc(OCCC2CCCCC2)cc1. The summed E-state index contributed by atoms with van der Waals surface area (Å²) in [6.45, 7) is 3.93. The molecule has 1 aliphatic rings. The molecule has 0 amide bonds. The van der Waals surface area contributed by atoms with Gasteiger partial charge in [-0.15, -0.1) is 0 Å². The molecule has 18 heavy (non-hydrogen) atoms. The summed E-state index contributed by atoms with van der Waals surface area (Å²) in [5.41, 5.74) is 1.16. The minimum Gasteiger partial charge on any atom is -0.494 e. The lowest BCUT2D eigenvalue weighted by atomic mass is 9.87. The Hall–Kier alpha value is -1.18. The van der Waals surface area contributed by atoms with Gasteiger partial charge in [0.25, 0.3) is 0 Å². The fourth-order valence-corrected chi connectivity index (χ4v) is 2.69. The van der Waals surface area contributed by atoms with Crippen LogP contribution in [0.5, 0.6) is 5.75 Å². The van der Waals surface area contributed by atoms with Crippen molar-refractivity contribution in [2.75, 3.05) is 18.5 Å². The van der Waals surface area contributed by atoms with Gasteiger partial charge in [0.1, 0.15) is 5.75 Å². The van der Waals surface area contributed by atoms with Gasteiger partial charge >= 0.3 is 0 Å². The van der Waals surface area contributed by atoms with E-state index in [0.29, 0.717) is 0 Å². The molecular formula is C16H25NO. The minimum atomic E-state index is 0.866. The van der Waals surface area contributed by atoms with Crippen LogP contribution in [-0.2, 0) is 0 Å². The van der Waals surface area contributed by atoms with Gasteiger partial charge in [-0.3, -0.25) is 0 Å². The van der Waals surface area contributed by atoms with Crippen molar-refractivity contribution in [1.82, 2.24) is 0 Å². The molecule has 0 bridgehead atoms. The second-order valence-corrected chi connectivity index (χ2v) is 5.20. The van der Waals surface area contributed by atoms with Crippen molar-refractivity contribution in [3.8, 4) is 5.75 Å². The molecular weight excluding hydrogens is 222 g/mol. The molecule has 0 atom stereocenters. The number of rotatable bonds is 6. The van der Waals surface area contributed by atoms with Crippen LogP contribution in [0.15, 0.2) is 24.3 Å². The van der Waals surface area contributed by atoms with E-state index in [1.807, 2.05) is 0 Å². The van der Waals surface area contributed by atoms with Gasteiger partial charge in [-0.2, -0.15) is 0 Å². The summed E-state index contributed by atoms with van der Waals surface area (Å²) in [5, 5.41) is 3.29. The van der Waals surface area contributed by atoms with E-state index < -0.39 is 0 Å². The first-order valence-corrected chi connectivity index (χ1v) is 7.35. The third-order valence-corrected chi connectivity index (χ3v) is 3.75. The van der Waals surface area contributed by atoms with Crippen molar-refractivity contribution in [2.45, 2.75) is 45.4 Å². The highest BCUT2D eigenvalue weighted by Gasteiger charge is 2.12. The van der Waals surface area contributed by atoms with Crippen LogP contribution in [0.3, 0.4) is 0 Å². The first-order chi connectivity index (χ1) is 8.88. The van der Waals surface area contributed by atoms with Crippen molar-refractivity contribution in [3.05, 3.63) is 24.3 Å². The van der Waals surface area contributed by atoms with Crippen molar-refractivity contribution in [2.24, 2.45) is 5.92 Å². The Morgan fingerprint density at radius 2 is 1.83 bits per heavy atom. The second kappa shape index (κ2) is 7.30. The molecule has 100 valence electrons. The fourth-order valence-electron chi connectivity index (χ4n) is 2.69. The lowest BCUT2D eigenvalue weighted by Crippen LogP contribution is -2.10. The number of ether oxygens (including phenoxy) is 1. The monoisotopic (exact) mass is 247 g/mol. The van der Waals surface area contributed by atoms with Gasteiger partial charge in [-0.1, -0.05) is 32.1 Å². The van der Waals surface area contributed by atoms with Crippen molar-refractivity contribution in [3.63, 3.8) is 0 Å². The molecule has 1 aliphatic carbocycles. The van der Waals surface area contributed by atoms with E-state index in [0.717, 1.165) is 30.5 Å². The number of hydrogen-bond donors (Lipinski definition) is 1. The highest BCUT2D eigenvalue weighted by Crippen LogP contribution is 2.26. The Morgan fingerprint density at radius 3 is 2.50 bits per heavy atom. The van der Waals surface area contributed by atoms with E-state index in [4.69, 9.17) is 4.74 Å². The summed E-state index contributed by atoms with van der Waals surface area (Å²) in [5.74, 6) is 1.90. The minimum absolute atomic E-state index is 0.866. The molecule has 0 spiro atoms. The Bertz CT molecular complexity index is 327. The van der Waals surface area contributed by atoms with Crippen molar-refractivity contribution in [1.29, 1.82) is 0 Å². The molecule has 1 aromatic rings. The first-order valence-electron chi connectivity index (χ1n) is 7.35. The average Bonchev–Trinajstić information content (AvgIpc) is 2.42. The molecule has 1 saturated carbocycles. The fraction of sp³-hybridized carbons (Fsp3) is 0.625. The van der Waals surface area contributed by atoms with E-state index >= 15 is 0 Å². The third kappa shape index (κ3) is 4.25. The Labute approximate surface area is 111 Å². The smallest absolute Gasteiger partial charge is 0.119 e. The summed E-state index contributed by atoms with van der Waals surface area (Å²) in [6, 6.07) is 8.27. The normalized spacial score (nSPS) is 16.5.